The Balaban J connectivity index is 1.32. The van der Waals surface area contributed by atoms with E-state index in [-0.39, 0.29) is 11.9 Å². The predicted molar refractivity (Wildman–Crippen MR) is 154 cm³/mol. The number of ether oxygens (including phenoxy) is 3. The smallest absolute Gasteiger partial charge is 0.305 e. The fourth-order valence-corrected chi connectivity index (χ4v) is 4.56. The highest BCUT2D eigenvalue weighted by Gasteiger charge is 2.28. The maximum atomic E-state index is 13.0. The van der Waals surface area contributed by atoms with Gasteiger partial charge in [0.1, 0.15) is 11.8 Å². The molecule has 1 aliphatic heterocycles. The number of amides is 1. The number of nitrogens with zero attached hydrogens (tertiary/aromatic N) is 2. The number of esters is 1. The van der Waals surface area contributed by atoms with Crippen LogP contribution in [0.25, 0.3) is 0 Å². The number of rotatable bonds is 13. The van der Waals surface area contributed by atoms with Crippen LogP contribution in [0, 0.1) is 11.3 Å². The van der Waals surface area contributed by atoms with Gasteiger partial charge in [-0.3, -0.25) is 9.59 Å². The number of anilines is 2. The average Bonchev–Trinajstić information content (AvgIpc) is 2.98. The normalized spacial score (nSPS) is 13.9. The van der Waals surface area contributed by atoms with Gasteiger partial charge >= 0.3 is 5.97 Å². The van der Waals surface area contributed by atoms with E-state index < -0.39 is 6.10 Å². The van der Waals surface area contributed by atoms with E-state index in [1.807, 2.05) is 23.1 Å². The molecule has 4 rings (SSSR count). The summed E-state index contributed by atoms with van der Waals surface area (Å²) in [6.45, 7) is 3.67. The number of carbonyl (C=O) groups is 2. The van der Waals surface area contributed by atoms with Crippen molar-refractivity contribution in [3.8, 4) is 17.6 Å². The van der Waals surface area contributed by atoms with Crippen molar-refractivity contribution in [2.24, 2.45) is 0 Å². The van der Waals surface area contributed by atoms with E-state index in [0.717, 1.165) is 24.9 Å². The second-order valence-corrected chi connectivity index (χ2v) is 9.51. The van der Waals surface area contributed by atoms with Crippen LogP contribution in [0.2, 0.25) is 0 Å². The Bertz CT molecular complexity index is 1300. The molecule has 0 saturated carbocycles. The molecule has 3 aromatic rings. The minimum absolute atomic E-state index is 0.242. The molecule has 0 spiro atoms. The summed E-state index contributed by atoms with van der Waals surface area (Å²) < 4.78 is 16.8. The molecule has 8 heteroatoms. The third kappa shape index (κ3) is 8.00. The predicted octanol–water partition coefficient (Wildman–Crippen LogP) is 5.77. The molecule has 1 amide bonds. The number of unbranched alkanes of at least 4 members (excludes halogenated alkanes) is 1. The van der Waals surface area contributed by atoms with Crippen molar-refractivity contribution in [1.82, 2.24) is 0 Å². The lowest BCUT2D eigenvalue weighted by Crippen LogP contribution is -2.40. The van der Waals surface area contributed by atoms with Gasteiger partial charge in [0.25, 0.3) is 5.91 Å². The monoisotopic (exact) mass is 541 g/mol. The largest absolute Gasteiger partial charge is 0.494 e. The fraction of sp³-hybridized carbons (Fsp3) is 0.344. The summed E-state index contributed by atoms with van der Waals surface area (Å²) in [5.41, 5.74) is 3.06. The molecule has 208 valence electrons. The van der Waals surface area contributed by atoms with E-state index in [1.165, 1.54) is 5.56 Å². The Morgan fingerprint density at radius 3 is 2.58 bits per heavy atom. The first-order valence-corrected chi connectivity index (χ1v) is 13.8. The average molecular weight is 542 g/mol. The van der Waals surface area contributed by atoms with Gasteiger partial charge < -0.3 is 24.4 Å². The number of nitrogens with one attached hydrogen (secondary N) is 1. The van der Waals surface area contributed by atoms with Gasteiger partial charge in [0.05, 0.1) is 31.1 Å². The lowest BCUT2D eigenvalue weighted by molar-refractivity contribution is -0.143. The van der Waals surface area contributed by atoms with Gasteiger partial charge in [-0.25, -0.2) is 0 Å². The molecule has 40 heavy (non-hydrogen) atoms. The molecule has 1 N–H and O–H groups in total. The molecule has 1 unspecified atom stereocenters. The van der Waals surface area contributed by atoms with Gasteiger partial charge in [0, 0.05) is 18.5 Å². The van der Waals surface area contributed by atoms with Crippen LogP contribution in [0.3, 0.4) is 0 Å². The van der Waals surface area contributed by atoms with E-state index in [1.54, 1.807) is 37.3 Å². The SMILES string of the molecule is CCOC(=O)CCCN1CC(C#N)Oc2c(NC(=O)c3ccc(OCCCCc4ccccc4)cc3)cccc21. The molecule has 0 aliphatic carbocycles. The highest BCUT2D eigenvalue weighted by molar-refractivity contribution is 6.05. The maximum absolute atomic E-state index is 13.0. The highest BCUT2D eigenvalue weighted by atomic mass is 16.5. The Kier molecular flexibility index (Phi) is 10.4. The van der Waals surface area contributed by atoms with E-state index in [0.29, 0.717) is 61.9 Å². The first-order valence-electron chi connectivity index (χ1n) is 13.8. The van der Waals surface area contributed by atoms with Crippen LogP contribution in [-0.4, -0.2) is 44.3 Å². The van der Waals surface area contributed by atoms with Crippen molar-refractivity contribution in [3.05, 3.63) is 83.9 Å². The molecule has 8 nitrogen and oxygen atoms in total. The minimum Gasteiger partial charge on any atom is -0.494 e. The summed E-state index contributed by atoms with van der Waals surface area (Å²) in [4.78, 5) is 26.8. The van der Waals surface area contributed by atoms with Crippen LogP contribution in [0.4, 0.5) is 11.4 Å². The van der Waals surface area contributed by atoms with Crippen molar-refractivity contribution >= 4 is 23.3 Å². The van der Waals surface area contributed by atoms with Crippen molar-refractivity contribution in [3.63, 3.8) is 0 Å². The standard InChI is InChI=1S/C32H35N3O5/c1-2-38-30(36)15-9-20-35-23-27(22-33)40-31-28(13-8-14-29(31)35)34-32(37)25-16-18-26(19-17-25)39-21-7-6-12-24-10-4-3-5-11-24/h3-5,8,10-11,13-14,16-19,27H,2,6-7,9,12,15,20-21,23H2,1H3,(H,34,37). The highest BCUT2D eigenvalue weighted by Crippen LogP contribution is 2.40. The Morgan fingerprint density at radius 2 is 1.82 bits per heavy atom. The van der Waals surface area contributed by atoms with Gasteiger partial charge in [0.15, 0.2) is 5.75 Å². The van der Waals surface area contributed by atoms with E-state index >= 15 is 0 Å². The van der Waals surface area contributed by atoms with E-state index in [4.69, 9.17) is 14.2 Å². The number of aryl methyl sites for hydroxylation is 1. The van der Waals surface area contributed by atoms with Crippen molar-refractivity contribution in [1.29, 1.82) is 5.26 Å². The zero-order valence-electron chi connectivity index (χ0n) is 22.8. The van der Waals surface area contributed by atoms with Crippen LogP contribution in [0.15, 0.2) is 72.8 Å². The lowest BCUT2D eigenvalue weighted by Gasteiger charge is -2.34. The second kappa shape index (κ2) is 14.6. The number of hydrogen-bond acceptors (Lipinski definition) is 7. The molecule has 0 saturated heterocycles. The molecule has 3 aromatic carbocycles. The van der Waals surface area contributed by atoms with Crippen LogP contribution in [0.5, 0.6) is 11.5 Å². The zero-order valence-corrected chi connectivity index (χ0v) is 22.8. The third-order valence-electron chi connectivity index (χ3n) is 6.58. The van der Waals surface area contributed by atoms with Crippen LogP contribution < -0.4 is 19.7 Å². The van der Waals surface area contributed by atoms with Gasteiger partial charge in [-0.05, 0) is 74.6 Å². The zero-order chi connectivity index (χ0) is 28.2. The third-order valence-corrected chi connectivity index (χ3v) is 6.58. The maximum Gasteiger partial charge on any atom is 0.305 e. The Hall–Kier alpha value is -4.51. The van der Waals surface area contributed by atoms with Crippen LogP contribution >= 0.6 is 0 Å². The van der Waals surface area contributed by atoms with Gasteiger partial charge in [0.2, 0.25) is 6.10 Å². The van der Waals surface area contributed by atoms with Gasteiger partial charge in [-0.1, -0.05) is 36.4 Å². The number of fused-ring (bicyclic) bond motifs is 1. The number of carbonyl (C=O) groups excluding carboxylic acids is 2. The summed E-state index contributed by atoms with van der Waals surface area (Å²) >= 11 is 0. The Morgan fingerprint density at radius 1 is 1.02 bits per heavy atom. The fourth-order valence-electron chi connectivity index (χ4n) is 4.56. The van der Waals surface area contributed by atoms with Crippen molar-refractivity contribution in [2.75, 3.05) is 36.5 Å². The second-order valence-electron chi connectivity index (χ2n) is 9.51. The molecule has 0 aromatic heterocycles. The summed E-state index contributed by atoms with van der Waals surface area (Å²) in [5, 5.41) is 12.5. The molecular weight excluding hydrogens is 506 g/mol. The number of nitriles is 1. The minimum atomic E-state index is -0.697. The molecule has 1 aliphatic rings. The van der Waals surface area contributed by atoms with Gasteiger partial charge in [-0.2, -0.15) is 5.26 Å². The molecule has 0 fully saturated rings. The molecular formula is C32H35N3O5. The topological polar surface area (TPSA) is 101 Å². The molecule has 1 heterocycles. The van der Waals surface area contributed by atoms with Crippen molar-refractivity contribution < 1.29 is 23.8 Å². The summed E-state index contributed by atoms with van der Waals surface area (Å²) in [7, 11) is 0. The van der Waals surface area contributed by atoms with E-state index in [2.05, 4.69) is 35.7 Å². The van der Waals surface area contributed by atoms with Gasteiger partial charge in [-0.15, -0.1) is 0 Å². The van der Waals surface area contributed by atoms with E-state index in [9.17, 15) is 14.9 Å². The molecule has 0 bridgehead atoms. The number of benzene rings is 3. The quantitative estimate of drug-likeness (QED) is 0.216. The first-order chi connectivity index (χ1) is 19.6. The van der Waals surface area contributed by atoms with Crippen molar-refractivity contribution in [2.45, 2.75) is 45.1 Å². The number of para-hydroxylation sites is 1. The van der Waals surface area contributed by atoms with Crippen LogP contribution in [-0.2, 0) is 16.0 Å². The lowest BCUT2D eigenvalue weighted by atomic mass is 10.1. The molecule has 1 atom stereocenters. The first kappa shape index (κ1) is 28.5. The molecule has 0 radical (unpaired) electrons. The summed E-state index contributed by atoms with van der Waals surface area (Å²) in [6, 6.07) is 25.1. The van der Waals surface area contributed by atoms with Crippen LogP contribution in [0.1, 0.15) is 48.5 Å². The summed E-state index contributed by atoms with van der Waals surface area (Å²) in [6.07, 6.45) is 3.19. The summed E-state index contributed by atoms with van der Waals surface area (Å²) in [5.74, 6) is 0.625. The number of hydrogen-bond donors (Lipinski definition) is 1. The Labute approximate surface area is 235 Å².